The van der Waals surface area contributed by atoms with Gasteiger partial charge in [-0.3, -0.25) is 9.48 Å². The second-order valence-corrected chi connectivity index (χ2v) is 7.77. The molecule has 2 aromatic heterocycles. The van der Waals surface area contributed by atoms with E-state index in [2.05, 4.69) is 10.1 Å². The van der Waals surface area contributed by atoms with E-state index in [-0.39, 0.29) is 22.2 Å². The van der Waals surface area contributed by atoms with E-state index < -0.39 is 63.6 Å². The van der Waals surface area contributed by atoms with Gasteiger partial charge in [0, 0.05) is 28.3 Å². The van der Waals surface area contributed by atoms with Gasteiger partial charge in [0.1, 0.15) is 23.1 Å². The molecule has 0 radical (unpaired) electrons. The molecule has 0 unspecified atom stereocenters. The van der Waals surface area contributed by atoms with Crippen molar-refractivity contribution < 1.29 is 31.1 Å². The third-order valence-electron chi connectivity index (χ3n) is 5.22. The van der Waals surface area contributed by atoms with E-state index in [1.807, 2.05) is 0 Å². The molecular weight excluding hydrogens is 486 g/mol. The standard InChI is InChI=1S/C22H13ClF6N4O/c1-9-19(11-6-18(21(30)34)31-17-7-16(26)13(23)5-10(11)17)20(22(27,28)29)32-33(9)8-12-14(24)3-2-4-15(12)25/h2-7H,8H2,1H3,(H2,30,34). The number of primary amides is 1. The van der Waals surface area contributed by atoms with Crippen molar-refractivity contribution in [2.45, 2.75) is 19.6 Å². The Hall–Kier alpha value is -3.60. The molecule has 0 atom stereocenters. The number of nitrogens with zero attached hydrogens (tertiary/aromatic N) is 3. The largest absolute Gasteiger partial charge is 0.435 e. The summed E-state index contributed by atoms with van der Waals surface area (Å²) in [5, 5.41) is 3.16. The number of alkyl halides is 3. The van der Waals surface area contributed by atoms with Crippen LogP contribution >= 0.6 is 11.6 Å². The van der Waals surface area contributed by atoms with Gasteiger partial charge in [0.25, 0.3) is 5.91 Å². The Morgan fingerprint density at radius 2 is 1.74 bits per heavy atom. The van der Waals surface area contributed by atoms with Crippen LogP contribution in [0.4, 0.5) is 26.3 Å². The summed E-state index contributed by atoms with van der Waals surface area (Å²) < 4.78 is 85.2. The Morgan fingerprint density at radius 1 is 1.09 bits per heavy atom. The number of benzene rings is 2. The van der Waals surface area contributed by atoms with Gasteiger partial charge in [0.05, 0.1) is 17.1 Å². The molecule has 0 saturated heterocycles. The maximum absolute atomic E-state index is 14.2. The molecule has 0 aliphatic heterocycles. The van der Waals surface area contributed by atoms with Crippen LogP contribution in [0.5, 0.6) is 0 Å². The molecule has 4 aromatic rings. The summed E-state index contributed by atoms with van der Waals surface area (Å²) >= 11 is 5.85. The summed E-state index contributed by atoms with van der Waals surface area (Å²) in [7, 11) is 0. The summed E-state index contributed by atoms with van der Waals surface area (Å²) in [4.78, 5) is 15.7. The van der Waals surface area contributed by atoms with Crippen LogP contribution in [0.3, 0.4) is 0 Å². The molecule has 12 heteroatoms. The summed E-state index contributed by atoms with van der Waals surface area (Å²) in [5.41, 5.74) is 1.97. The fourth-order valence-corrected chi connectivity index (χ4v) is 3.77. The fourth-order valence-electron chi connectivity index (χ4n) is 3.61. The van der Waals surface area contributed by atoms with E-state index in [4.69, 9.17) is 17.3 Å². The molecule has 1 amide bonds. The predicted octanol–water partition coefficient (Wildman–Crippen LogP) is 5.64. The van der Waals surface area contributed by atoms with Gasteiger partial charge in [-0.25, -0.2) is 18.2 Å². The molecule has 4 rings (SSSR count). The zero-order chi connectivity index (χ0) is 24.9. The number of aromatic nitrogens is 3. The number of amides is 1. The molecule has 34 heavy (non-hydrogen) atoms. The predicted molar refractivity (Wildman–Crippen MR) is 112 cm³/mol. The number of nitrogens with two attached hydrogens (primary N) is 1. The molecule has 0 aliphatic carbocycles. The first-order chi connectivity index (χ1) is 15.9. The molecular formula is C22H13ClF6N4O. The third kappa shape index (κ3) is 4.07. The van der Waals surface area contributed by atoms with Gasteiger partial charge < -0.3 is 5.73 Å². The maximum Gasteiger partial charge on any atom is 0.435 e. The van der Waals surface area contributed by atoms with Crippen LogP contribution in [-0.2, 0) is 12.7 Å². The SMILES string of the molecule is Cc1c(-c2cc(C(N)=O)nc3cc(F)c(Cl)cc23)c(C(F)(F)F)nn1Cc1c(F)cccc1F. The molecule has 5 nitrogen and oxygen atoms in total. The van der Waals surface area contributed by atoms with Crippen molar-refractivity contribution in [1.82, 2.24) is 14.8 Å². The van der Waals surface area contributed by atoms with Gasteiger partial charge in [-0.15, -0.1) is 0 Å². The van der Waals surface area contributed by atoms with Crippen LogP contribution in [0.25, 0.3) is 22.0 Å². The first-order valence-electron chi connectivity index (χ1n) is 9.56. The highest BCUT2D eigenvalue weighted by Gasteiger charge is 2.39. The molecule has 0 aliphatic rings. The fraction of sp³-hybridized carbons (Fsp3) is 0.136. The van der Waals surface area contributed by atoms with E-state index in [1.165, 1.54) is 6.92 Å². The second kappa shape index (κ2) is 8.32. The molecule has 0 spiro atoms. The minimum absolute atomic E-state index is 0.0124. The van der Waals surface area contributed by atoms with Crippen molar-refractivity contribution >= 4 is 28.4 Å². The number of halogens is 7. The molecule has 176 valence electrons. The number of carbonyl (C=O) groups is 1. The van der Waals surface area contributed by atoms with E-state index in [9.17, 15) is 31.1 Å². The van der Waals surface area contributed by atoms with Crippen LogP contribution in [0.2, 0.25) is 5.02 Å². The molecule has 2 N–H and O–H groups in total. The zero-order valence-electron chi connectivity index (χ0n) is 17.1. The molecule has 2 aromatic carbocycles. The molecule has 2 heterocycles. The van der Waals surface area contributed by atoms with Crippen LogP contribution in [0, 0.1) is 24.4 Å². The molecule has 0 saturated carbocycles. The Labute approximate surface area is 192 Å². The summed E-state index contributed by atoms with van der Waals surface area (Å²) in [6, 6.07) is 5.98. The number of hydrogen-bond donors (Lipinski definition) is 1. The number of fused-ring (bicyclic) bond motifs is 1. The Kier molecular flexibility index (Phi) is 5.76. The zero-order valence-corrected chi connectivity index (χ0v) is 17.9. The average molecular weight is 499 g/mol. The van der Waals surface area contributed by atoms with E-state index >= 15 is 0 Å². The highest BCUT2D eigenvalue weighted by molar-refractivity contribution is 6.31. The second-order valence-electron chi connectivity index (χ2n) is 7.37. The topological polar surface area (TPSA) is 73.8 Å². The molecule has 0 bridgehead atoms. The average Bonchev–Trinajstić information content (AvgIpc) is 3.07. The highest BCUT2D eigenvalue weighted by atomic mass is 35.5. The first-order valence-corrected chi connectivity index (χ1v) is 9.93. The van der Waals surface area contributed by atoms with Crippen molar-refractivity contribution in [2.75, 3.05) is 0 Å². The van der Waals surface area contributed by atoms with Gasteiger partial charge in [0.2, 0.25) is 0 Å². The summed E-state index contributed by atoms with van der Waals surface area (Å²) in [6.45, 7) is 0.617. The number of carbonyl (C=O) groups excluding carboxylic acids is 1. The van der Waals surface area contributed by atoms with Crippen molar-refractivity contribution in [1.29, 1.82) is 0 Å². The van der Waals surface area contributed by atoms with E-state index in [0.29, 0.717) is 0 Å². The quantitative estimate of drug-likeness (QED) is 0.370. The lowest BCUT2D eigenvalue weighted by molar-refractivity contribution is -0.141. The first kappa shape index (κ1) is 23.6. The monoisotopic (exact) mass is 498 g/mol. The maximum atomic E-state index is 14.2. The van der Waals surface area contributed by atoms with Gasteiger partial charge in [-0.05, 0) is 36.8 Å². The van der Waals surface area contributed by atoms with Crippen molar-refractivity contribution in [2.24, 2.45) is 5.73 Å². The van der Waals surface area contributed by atoms with Gasteiger partial charge in [-0.1, -0.05) is 17.7 Å². The number of hydrogen-bond acceptors (Lipinski definition) is 3. The summed E-state index contributed by atoms with van der Waals surface area (Å²) in [6.07, 6.45) is -4.99. The third-order valence-corrected chi connectivity index (χ3v) is 5.51. The van der Waals surface area contributed by atoms with Gasteiger partial charge >= 0.3 is 6.18 Å². The van der Waals surface area contributed by atoms with Crippen LogP contribution in [0.15, 0.2) is 36.4 Å². The Balaban J connectivity index is 2.05. The summed E-state index contributed by atoms with van der Waals surface area (Å²) in [5.74, 6) is -3.89. The lowest BCUT2D eigenvalue weighted by Crippen LogP contribution is -2.14. The minimum Gasteiger partial charge on any atom is -0.364 e. The van der Waals surface area contributed by atoms with Crippen LogP contribution in [-0.4, -0.2) is 20.7 Å². The minimum atomic E-state index is -4.99. The van der Waals surface area contributed by atoms with Crippen LogP contribution < -0.4 is 5.73 Å². The highest BCUT2D eigenvalue weighted by Crippen LogP contribution is 2.42. The van der Waals surface area contributed by atoms with Gasteiger partial charge in [-0.2, -0.15) is 18.3 Å². The number of pyridine rings is 1. The lowest BCUT2D eigenvalue weighted by atomic mass is 9.97. The Bertz CT molecular complexity index is 1440. The van der Waals surface area contributed by atoms with E-state index in [1.54, 1.807) is 0 Å². The van der Waals surface area contributed by atoms with Crippen molar-refractivity contribution in [3.63, 3.8) is 0 Å². The smallest absolute Gasteiger partial charge is 0.364 e. The normalized spacial score (nSPS) is 11.9. The van der Waals surface area contributed by atoms with Gasteiger partial charge in [0.15, 0.2) is 5.69 Å². The Morgan fingerprint density at radius 3 is 2.32 bits per heavy atom. The lowest BCUT2D eigenvalue weighted by Gasteiger charge is -2.12. The van der Waals surface area contributed by atoms with Crippen molar-refractivity contribution in [3.8, 4) is 11.1 Å². The van der Waals surface area contributed by atoms with E-state index in [0.717, 1.165) is 41.1 Å². The number of rotatable bonds is 4. The van der Waals surface area contributed by atoms with Crippen LogP contribution in [0.1, 0.15) is 27.4 Å². The molecule has 0 fully saturated rings. The van der Waals surface area contributed by atoms with Crippen molar-refractivity contribution in [3.05, 3.63) is 81.5 Å².